The monoisotopic (exact) mass is 391 g/mol. The summed E-state index contributed by atoms with van der Waals surface area (Å²) >= 11 is 0. The van der Waals surface area contributed by atoms with Gasteiger partial charge in [-0.15, -0.1) is 0 Å². The van der Waals surface area contributed by atoms with Crippen molar-refractivity contribution in [2.75, 3.05) is 31.5 Å². The van der Waals surface area contributed by atoms with E-state index in [0.717, 1.165) is 22.0 Å². The molecule has 0 unspecified atom stereocenters. The third-order valence-electron chi connectivity index (χ3n) is 5.02. The van der Waals surface area contributed by atoms with Crippen molar-refractivity contribution in [3.63, 3.8) is 0 Å². The van der Waals surface area contributed by atoms with Crippen molar-refractivity contribution in [2.24, 2.45) is 0 Å². The van der Waals surface area contributed by atoms with Crippen LogP contribution in [0.15, 0.2) is 48.7 Å². The van der Waals surface area contributed by atoms with Gasteiger partial charge >= 0.3 is 0 Å². The zero-order chi connectivity index (χ0) is 20.4. The highest BCUT2D eigenvalue weighted by atomic mass is 16.5. The highest BCUT2D eigenvalue weighted by molar-refractivity contribution is 5.99. The Bertz CT molecular complexity index is 1090. The molecule has 1 atom stereocenters. The number of anilines is 2. The van der Waals surface area contributed by atoms with Gasteiger partial charge in [-0.2, -0.15) is 0 Å². The Kier molecular flexibility index (Phi) is 5.14. The first-order valence-corrected chi connectivity index (χ1v) is 9.25. The van der Waals surface area contributed by atoms with E-state index in [9.17, 15) is 9.59 Å². The number of methoxy groups -OCH3 is 2. The van der Waals surface area contributed by atoms with E-state index in [2.05, 4.69) is 15.6 Å². The van der Waals surface area contributed by atoms with Gasteiger partial charge < -0.3 is 20.1 Å². The standard InChI is InChI=1S/C22H21N3O4/c1-28-12-22(27)25-19-9-16-15(10-21(26)24-18(16)11-20(19)29-2)13-7-8-23-17-6-4-3-5-14(13)17/h3-9,11,15H,10,12H2,1-2H3,(H,24,26)(H,25,27)/t15-/m0/s1. The van der Waals surface area contributed by atoms with Crippen molar-refractivity contribution in [3.05, 3.63) is 59.8 Å². The molecule has 2 N–H and O–H groups in total. The minimum absolute atomic E-state index is 0.0601. The summed E-state index contributed by atoms with van der Waals surface area (Å²) in [5.74, 6) is -0.0532. The number of benzene rings is 2. The zero-order valence-corrected chi connectivity index (χ0v) is 16.2. The lowest BCUT2D eigenvalue weighted by Gasteiger charge is -2.28. The lowest BCUT2D eigenvalue weighted by molar-refractivity contribution is -0.119. The van der Waals surface area contributed by atoms with Gasteiger partial charge in [0.25, 0.3) is 0 Å². The summed E-state index contributed by atoms with van der Waals surface area (Å²) in [4.78, 5) is 28.9. The number of ether oxygens (including phenoxy) is 2. The molecule has 0 saturated carbocycles. The number of rotatable bonds is 5. The normalized spacial score (nSPS) is 15.5. The Labute approximate surface area is 168 Å². The maximum absolute atomic E-state index is 12.4. The first-order valence-electron chi connectivity index (χ1n) is 9.25. The van der Waals surface area contributed by atoms with Gasteiger partial charge in [-0.3, -0.25) is 14.6 Å². The molecule has 3 aromatic rings. The van der Waals surface area contributed by atoms with Crippen LogP contribution >= 0.6 is 0 Å². The first-order chi connectivity index (χ1) is 14.1. The largest absolute Gasteiger partial charge is 0.494 e. The molecule has 7 heteroatoms. The van der Waals surface area contributed by atoms with E-state index in [-0.39, 0.29) is 24.3 Å². The number of aromatic nitrogens is 1. The summed E-state index contributed by atoms with van der Waals surface area (Å²) in [6.07, 6.45) is 2.06. The second kappa shape index (κ2) is 7.89. The number of carbonyl (C=O) groups excluding carboxylic acids is 2. The van der Waals surface area contributed by atoms with Crippen molar-refractivity contribution in [3.8, 4) is 5.75 Å². The van der Waals surface area contributed by atoms with Gasteiger partial charge in [0.1, 0.15) is 12.4 Å². The molecule has 7 nitrogen and oxygen atoms in total. The molecule has 0 bridgehead atoms. The molecule has 2 amide bonds. The summed E-state index contributed by atoms with van der Waals surface area (Å²) < 4.78 is 10.3. The number of pyridine rings is 1. The number of hydrogen-bond acceptors (Lipinski definition) is 5. The zero-order valence-electron chi connectivity index (χ0n) is 16.2. The van der Waals surface area contributed by atoms with Crippen molar-refractivity contribution < 1.29 is 19.1 Å². The molecule has 2 heterocycles. The highest BCUT2D eigenvalue weighted by Gasteiger charge is 2.29. The van der Waals surface area contributed by atoms with Crippen molar-refractivity contribution in [2.45, 2.75) is 12.3 Å². The van der Waals surface area contributed by atoms with Crippen LogP contribution in [0, 0.1) is 0 Å². The Morgan fingerprint density at radius 1 is 1.21 bits per heavy atom. The van der Waals surface area contributed by atoms with Crippen LogP contribution in [0.4, 0.5) is 11.4 Å². The van der Waals surface area contributed by atoms with Crippen LogP contribution in [-0.2, 0) is 14.3 Å². The third-order valence-corrected chi connectivity index (χ3v) is 5.02. The van der Waals surface area contributed by atoms with Crippen LogP contribution in [0.3, 0.4) is 0 Å². The van der Waals surface area contributed by atoms with Crippen molar-refractivity contribution in [1.29, 1.82) is 0 Å². The van der Waals surface area contributed by atoms with E-state index in [1.807, 2.05) is 36.4 Å². The summed E-state index contributed by atoms with van der Waals surface area (Å²) in [6.45, 7) is -0.0601. The Morgan fingerprint density at radius 3 is 2.83 bits per heavy atom. The molecule has 0 radical (unpaired) electrons. The van der Waals surface area contributed by atoms with E-state index in [1.165, 1.54) is 14.2 Å². The van der Waals surface area contributed by atoms with Gasteiger partial charge in [-0.25, -0.2) is 0 Å². The summed E-state index contributed by atoms with van der Waals surface area (Å²) in [5, 5.41) is 6.74. The fourth-order valence-corrected chi connectivity index (χ4v) is 3.77. The second-order valence-electron chi connectivity index (χ2n) is 6.84. The Balaban J connectivity index is 1.84. The van der Waals surface area contributed by atoms with Crippen LogP contribution < -0.4 is 15.4 Å². The van der Waals surface area contributed by atoms with Gasteiger partial charge in [0.2, 0.25) is 11.8 Å². The van der Waals surface area contributed by atoms with Crippen LogP contribution in [-0.4, -0.2) is 37.6 Å². The topological polar surface area (TPSA) is 89.5 Å². The molecule has 1 aliphatic rings. The van der Waals surface area contributed by atoms with Gasteiger partial charge in [-0.05, 0) is 29.3 Å². The van der Waals surface area contributed by atoms with Crippen LogP contribution in [0.2, 0.25) is 0 Å². The fraction of sp³-hybridized carbons (Fsp3) is 0.227. The number of nitrogens with one attached hydrogen (secondary N) is 2. The predicted octanol–water partition coefficient (Wildman–Crippen LogP) is 3.30. The van der Waals surface area contributed by atoms with Gasteiger partial charge in [0.05, 0.1) is 18.3 Å². The minimum Gasteiger partial charge on any atom is -0.494 e. The Morgan fingerprint density at radius 2 is 2.03 bits per heavy atom. The molecular formula is C22H21N3O4. The second-order valence-corrected chi connectivity index (χ2v) is 6.84. The van der Waals surface area contributed by atoms with E-state index >= 15 is 0 Å². The number of amides is 2. The number of hydrogen-bond donors (Lipinski definition) is 2. The molecule has 148 valence electrons. The molecule has 1 aliphatic heterocycles. The van der Waals surface area contributed by atoms with Crippen LogP contribution in [0.5, 0.6) is 5.75 Å². The smallest absolute Gasteiger partial charge is 0.250 e. The molecule has 0 saturated heterocycles. The lowest BCUT2D eigenvalue weighted by atomic mass is 9.83. The first kappa shape index (κ1) is 18.9. The average Bonchev–Trinajstić information content (AvgIpc) is 2.72. The summed E-state index contributed by atoms with van der Waals surface area (Å²) in [5.41, 5.74) is 4.02. The van der Waals surface area contributed by atoms with Gasteiger partial charge in [0.15, 0.2) is 0 Å². The summed E-state index contributed by atoms with van der Waals surface area (Å²) in [7, 11) is 2.98. The van der Waals surface area contributed by atoms with Crippen molar-refractivity contribution in [1.82, 2.24) is 4.98 Å². The molecule has 0 spiro atoms. The molecule has 29 heavy (non-hydrogen) atoms. The highest BCUT2D eigenvalue weighted by Crippen LogP contribution is 2.43. The quantitative estimate of drug-likeness (QED) is 0.697. The van der Waals surface area contributed by atoms with E-state index in [4.69, 9.17) is 9.47 Å². The number of carbonyl (C=O) groups is 2. The van der Waals surface area contributed by atoms with Gasteiger partial charge in [0, 0.05) is 42.8 Å². The van der Waals surface area contributed by atoms with Crippen molar-refractivity contribution >= 4 is 34.1 Å². The lowest BCUT2D eigenvalue weighted by Crippen LogP contribution is -2.24. The van der Waals surface area contributed by atoms with Crippen LogP contribution in [0.25, 0.3) is 10.9 Å². The number of fused-ring (bicyclic) bond motifs is 2. The SMILES string of the molecule is COCC(=O)Nc1cc2c(cc1OC)NC(=O)C[C@H]2c1ccnc2ccccc12. The molecule has 0 fully saturated rings. The van der Waals surface area contributed by atoms with Gasteiger partial charge in [-0.1, -0.05) is 18.2 Å². The van der Waals surface area contributed by atoms with Crippen LogP contribution in [0.1, 0.15) is 23.5 Å². The maximum atomic E-state index is 12.4. The summed E-state index contributed by atoms with van der Waals surface area (Å²) in [6, 6.07) is 13.4. The average molecular weight is 391 g/mol. The fourth-order valence-electron chi connectivity index (χ4n) is 3.77. The Hall–Kier alpha value is -3.45. The maximum Gasteiger partial charge on any atom is 0.250 e. The van der Waals surface area contributed by atoms with E-state index in [0.29, 0.717) is 23.5 Å². The molecule has 2 aromatic carbocycles. The van der Waals surface area contributed by atoms with E-state index < -0.39 is 0 Å². The third kappa shape index (κ3) is 3.64. The number of nitrogens with zero attached hydrogens (tertiary/aromatic N) is 1. The predicted molar refractivity (Wildman–Crippen MR) is 110 cm³/mol. The number of para-hydroxylation sites is 1. The molecule has 4 rings (SSSR count). The minimum atomic E-state index is -0.281. The van der Waals surface area contributed by atoms with E-state index in [1.54, 1.807) is 12.3 Å². The molecule has 0 aliphatic carbocycles. The molecular weight excluding hydrogens is 370 g/mol. The molecule has 1 aromatic heterocycles.